The van der Waals surface area contributed by atoms with Gasteiger partial charge in [0, 0.05) is 10.8 Å². The van der Waals surface area contributed by atoms with Crippen molar-refractivity contribution >= 4 is 22.2 Å². The van der Waals surface area contributed by atoms with Crippen LogP contribution in [0, 0.1) is 0 Å². The molecule has 3 nitrogen and oxygen atoms in total. The number of hydrogen-bond acceptors (Lipinski definition) is 3. The molecule has 0 atom stereocenters. The SMILES string of the molecule is C[n+]1csc(Nc2ccccc2)n1.[I-]. The van der Waals surface area contributed by atoms with Crippen molar-refractivity contribution < 1.29 is 28.7 Å². The predicted molar refractivity (Wildman–Crippen MR) is 53.0 cm³/mol. The van der Waals surface area contributed by atoms with Crippen molar-refractivity contribution in [1.82, 2.24) is 5.10 Å². The molecule has 1 heterocycles. The second-order valence-electron chi connectivity index (χ2n) is 2.69. The zero-order chi connectivity index (χ0) is 9.10. The van der Waals surface area contributed by atoms with Crippen molar-refractivity contribution in [2.45, 2.75) is 0 Å². The fourth-order valence-electron chi connectivity index (χ4n) is 1.02. The van der Waals surface area contributed by atoms with E-state index in [9.17, 15) is 0 Å². The molecule has 0 spiro atoms. The minimum Gasteiger partial charge on any atom is -1.00 e. The highest BCUT2D eigenvalue weighted by Gasteiger charge is 2.03. The molecule has 0 aliphatic rings. The van der Waals surface area contributed by atoms with E-state index in [-0.39, 0.29) is 24.0 Å². The monoisotopic (exact) mass is 319 g/mol. The molecule has 2 rings (SSSR count). The van der Waals surface area contributed by atoms with Crippen molar-refractivity contribution in [1.29, 1.82) is 0 Å². The molecule has 0 radical (unpaired) electrons. The van der Waals surface area contributed by atoms with E-state index in [1.54, 1.807) is 16.0 Å². The van der Waals surface area contributed by atoms with E-state index in [1.807, 2.05) is 42.9 Å². The first-order valence-corrected chi connectivity index (χ1v) is 4.86. The van der Waals surface area contributed by atoms with E-state index in [2.05, 4.69) is 10.4 Å². The van der Waals surface area contributed by atoms with Gasteiger partial charge in [-0.15, -0.1) is 0 Å². The van der Waals surface area contributed by atoms with Gasteiger partial charge in [-0.3, -0.25) is 0 Å². The lowest BCUT2D eigenvalue weighted by Crippen LogP contribution is -3.00. The zero-order valence-electron chi connectivity index (χ0n) is 7.64. The van der Waals surface area contributed by atoms with Crippen molar-refractivity contribution in [2.75, 3.05) is 5.32 Å². The van der Waals surface area contributed by atoms with Crippen LogP contribution in [0.4, 0.5) is 10.8 Å². The van der Waals surface area contributed by atoms with Crippen molar-refractivity contribution in [2.24, 2.45) is 7.05 Å². The van der Waals surface area contributed by atoms with Gasteiger partial charge in [0.15, 0.2) is 7.05 Å². The van der Waals surface area contributed by atoms with Crippen molar-refractivity contribution in [3.05, 3.63) is 35.8 Å². The first-order valence-electron chi connectivity index (χ1n) is 3.98. The normalized spacial score (nSPS) is 9.21. The van der Waals surface area contributed by atoms with Gasteiger partial charge in [-0.25, -0.2) is 0 Å². The molecule has 0 aliphatic carbocycles. The number of benzene rings is 1. The van der Waals surface area contributed by atoms with Gasteiger partial charge in [-0.05, 0) is 23.5 Å². The number of halogens is 1. The Balaban J connectivity index is 0.000000980. The Morgan fingerprint density at radius 3 is 2.57 bits per heavy atom. The van der Waals surface area contributed by atoms with Crippen LogP contribution < -0.4 is 34.0 Å². The maximum Gasteiger partial charge on any atom is 0.259 e. The van der Waals surface area contributed by atoms with E-state index in [4.69, 9.17) is 0 Å². The third-order valence-corrected chi connectivity index (χ3v) is 2.41. The number of para-hydroxylation sites is 1. The molecule has 0 saturated carbocycles. The molecule has 2 aromatic rings. The molecule has 1 aromatic heterocycles. The minimum absolute atomic E-state index is 0. The maximum absolute atomic E-state index is 4.23. The highest BCUT2D eigenvalue weighted by Crippen LogP contribution is 2.15. The van der Waals surface area contributed by atoms with Crippen LogP contribution in [0.5, 0.6) is 0 Å². The van der Waals surface area contributed by atoms with Crippen LogP contribution in [0.15, 0.2) is 35.8 Å². The van der Waals surface area contributed by atoms with Gasteiger partial charge < -0.3 is 29.3 Å². The van der Waals surface area contributed by atoms with Crippen LogP contribution in [-0.4, -0.2) is 5.10 Å². The number of hydrogen-bond donors (Lipinski definition) is 1. The summed E-state index contributed by atoms with van der Waals surface area (Å²) in [5.41, 5.74) is 3.02. The number of aryl methyl sites for hydroxylation is 1. The summed E-state index contributed by atoms with van der Waals surface area (Å²) in [5, 5.41) is 8.35. The summed E-state index contributed by atoms with van der Waals surface area (Å²) in [6.07, 6.45) is 0. The Morgan fingerprint density at radius 1 is 1.29 bits per heavy atom. The van der Waals surface area contributed by atoms with Gasteiger partial charge in [0.1, 0.15) is 0 Å². The number of anilines is 2. The molecule has 0 saturated heterocycles. The molecule has 0 bridgehead atoms. The molecule has 1 aromatic carbocycles. The summed E-state index contributed by atoms with van der Waals surface area (Å²) in [5.74, 6) is 0. The second-order valence-corrected chi connectivity index (χ2v) is 3.53. The molecule has 5 heteroatoms. The molecule has 1 N–H and O–H groups in total. The summed E-state index contributed by atoms with van der Waals surface area (Å²) in [6, 6.07) is 10.0. The van der Waals surface area contributed by atoms with E-state index in [1.165, 1.54) is 0 Å². The van der Waals surface area contributed by atoms with Crippen LogP contribution in [-0.2, 0) is 7.05 Å². The van der Waals surface area contributed by atoms with E-state index < -0.39 is 0 Å². The first kappa shape index (κ1) is 11.4. The van der Waals surface area contributed by atoms with Gasteiger partial charge in [0.2, 0.25) is 0 Å². The molecular formula is C9H10IN3S. The zero-order valence-corrected chi connectivity index (χ0v) is 10.6. The Hall–Kier alpha value is -0.690. The lowest BCUT2D eigenvalue weighted by Gasteiger charge is -1.97. The van der Waals surface area contributed by atoms with Gasteiger partial charge in [-0.1, -0.05) is 22.9 Å². The standard InChI is InChI=1S/C9H10N3S.HI/c1-12-7-13-9(11-12)10-8-5-3-2-4-6-8;/h2-7H,1H3,(H,10,11);1H/q+1;/p-1. The average Bonchev–Trinajstić information content (AvgIpc) is 2.53. The Morgan fingerprint density at radius 2 is 2.00 bits per heavy atom. The fraction of sp³-hybridized carbons (Fsp3) is 0.111. The molecule has 0 amide bonds. The topological polar surface area (TPSA) is 28.8 Å². The largest absolute Gasteiger partial charge is 1.00 e. The number of nitrogens with zero attached hydrogens (tertiary/aromatic N) is 2. The second kappa shape index (κ2) is 5.26. The fourth-order valence-corrected chi connectivity index (χ4v) is 1.67. The van der Waals surface area contributed by atoms with Gasteiger partial charge in [0.05, 0.1) is 0 Å². The van der Waals surface area contributed by atoms with Crippen LogP contribution in [0.3, 0.4) is 0 Å². The molecule has 0 aliphatic heterocycles. The third-order valence-electron chi connectivity index (χ3n) is 1.59. The van der Waals surface area contributed by atoms with E-state index in [0.717, 1.165) is 10.8 Å². The highest BCUT2D eigenvalue weighted by atomic mass is 127. The number of nitrogens with one attached hydrogen (secondary N) is 1. The van der Waals surface area contributed by atoms with Crippen LogP contribution in [0.1, 0.15) is 0 Å². The minimum atomic E-state index is 0. The van der Waals surface area contributed by atoms with Gasteiger partial charge in [0.25, 0.3) is 10.6 Å². The summed E-state index contributed by atoms with van der Waals surface area (Å²) >= 11 is 1.59. The lowest BCUT2D eigenvalue weighted by atomic mass is 10.3. The average molecular weight is 319 g/mol. The quantitative estimate of drug-likeness (QED) is 0.552. The number of aromatic nitrogens is 2. The van der Waals surface area contributed by atoms with E-state index in [0.29, 0.717) is 0 Å². The predicted octanol–water partition coefficient (Wildman–Crippen LogP) is -1.28. The summed E-state index contributed by atoms with van der Waals surface area (Å²) in [6.45, 7) is 0. The Labute approximate surface area is 104 Å². The Bertz CT molecular complexity index is 388. The smallest absolute Gasteiger partial charge is 0.259 e. The summed E-state index contributed by atoms with van der Waals surface area (Å²) in [7, 11) is 1.91. The Kier molecular flexibility index (Phi) is 4.27. The summed E-state index contributed by atoms with van der Waals surface area (Å²) in [4.78, 5) is 0. The lowest BCUT2D eigenvalue weighted by molar-refractivity contribution is -0.724. The molecule has 0 fully saturated rings. The van der Waals surface area contributed by atoms with Crippen molar-refractivity contribution in [3.63, 3.8) is 0 Å². The van der Waals surface area contributed by atoms with Crippen molar-refractivity contribution in [3.8, 4) is 0 Å². The first-order chi connectivity index (χ1) is 6.34. The number of rotatable bonds is 2. The summed E-state index contributed by atoms with van der Waals surface area (Å²) < 4.78 is 1.79. The molecular weight excluding hydrogens is 309 g/mol. The third kappa shape index (κ3) is 2.91. The van der Waals surface area contributed by atoms with Crippen LogP contribution in [0.2, 0.25) is 0 Å². The molecule has 0 unspecified atom stereocenters. The van der Waals surface area contributed by atoms with E-state index >= 15 is 0 Å². The van der Waals surface area contributed by atoms with Gasteiger partial charge >= 0.3 is 0 Å². The van der Waals surface area contributed by atoms with Crippen LogP contribution >= 0.6 is 11.3 Å². The van der Waals surface area contributed by atoms with Gasteiger partial charge in [-0.2, -0.15) is 0 Å². The maximum atomic E-state index is 4.23. The highest BCUT2D eigenvalue weighted by molar-refractivity contribution is 7.13. The molecule has 14 heavy (non-hydrogen) atoms. The molecule has 74 valence electrons. The van der Waals surface area contributed by atoms with Crippen LogP contribution in [0.25, 0.3) is 0 Å².